The molecule has 0 spiro atoms. The Balaban J connectivity index is 1.27. The number of carbonyl (C=O) groups is 2. The van der Waals surface area contributed by atoms with Crippen LogP contribution in [0.4, 0.5) is 4.39 Å². The predicted molar refractivity (Wildman–Crippen MR) is 121 cm³/mol. The van der Waals surface area contributed by atoms with Gasteiger partial charge in [-0.3, -0.25) is 9.59 Å². The molecule has 3 aromatic rings. The van der Waals surface area contributed by atoms with E-state index in [4.69, 9.17) is 20.8 Å². The molecule has 1 aromatic heterocycles. The molecule has 0 radical (unpaired) electrons. The van der Waals surface area contributed by atoms with Gasteiger partial charge in [0.2, 0.25) is 11.8 Å². The lowest BCUT2D eigenvalue weighted by Crippen LogP contribution is -2.51. The molecule has 0 unspecified atom stereocenters. The van der Waals surface area contributed by atoms with Crippen LogP contribution < -0.4 is 4.74 Å². The summed E-state index contributed by atoms with van der Waals surface area (Å²) in [5.41, 5.74) is 1.00. The molecule has 2 aromatic carbocycles. The number of methoxy groups -OCH3 is 1. The minimum Gasteiger partial charge on any atom is -0.497 e. The fraction of sp³-hybridized carbons (Fsp3) is 0.273. The highest BCUT2D eigenvalue weighted by Gasteiger charge is 2.26. The molecular formula is C22H20ClFN4O4S. The number of halogens is 2. The fourth-order valence-electron chi connectivity index (χ4n) is 3.33. The fourth-order valence-corrected chi connectivity index (χ4v) is 4.24. The zero-order chi connectivity index (χ0) is 23.4. The maximum Gasteiger partial charge on any atom is 0.277 e. The van der Waals surface area contributed by atoms with Crippen LogP contribution in [0.1, 0.15) is 10.4 Å². The second-order valence-corrected chi connectivity index (χ2v) is 8.52. The van der Waals surface area contributed by atoms with E-state index in [9.17, 15) is 14.0 Å². The molecule has 1 fully saturated rings. The van der Waals surface area contributed by atoms with Gasteiger partial charge >= 0.3 is 0 Å². The van der Waals surface area contributed by atoms with E-state index in [1.165, 1.54) is 12.1 Å². The van der Waals surface area contributed by atoms with E-state index in [0.29, 0.717) is 37.3 Å². The number of carbonyl (C=O) groups excluding carboxylic acids is 2. The third-order valence-electron chi connectivity index (χ3n) is 5.14. The normalized spacial score (nSPS) is 13.8. The average molecular weight is 491 g/mol. The zero-order valence-corrected chi connectivity index (χ0v) is 19.2. The highest BCUT2D eigenvalue weighted by atomic mass is 35.5. The summed E-state index contributed by atoms with van der Waals surface area (Å²) in [6.07, 6.45) is 0. The third kappa shape index (κ3) is 5.45. The molecule has 1 aliphatic rings. The Labute approximate surface area is 198 Å². The van der Waals surface area contributed by atoms with Gasteiger partial charge in [-0.2, -0.15) is 0 Å². The molecule has 0 aliphatic carbocycles. The quantitative estimate of drug-likeness (QED) is 0.487. The molecule has 0 saturated carbocycles. The molecule has 11 heteroatoms. The van der Waals surface area contributed by atoms with Crippen molar-refractivity contribution in [1.29, 1.82) is 0 Å². The maximum absolute atomic E-state index is 13.2. The van der Waals surface area contributed by atoms with Gasteiger partial charge in [-0.05, 0) is 42.5 Å². The SMILES string of the molecule is COc1ccc(-c2nnc(SCC(=O)N3CCN(C(=O)c4ccc(F)cc4Cl)CC3)o2)cc1. The van der Waals surface area contributed by atoms with Gasteiger partial charge in [-0.15, -0.1) is 10.2 Å². The standard InChI is InChI=1S/C22H20ClFN4O4S/c1-31-16-5-2-14(3-6-16)20-25-26-22(32-20)33-13-19(29)27-8-10-28(11-9-27)21(30)17-7-4-15(24)12-18(17)23/h2-7,12H,8-11,13H2,1H3. The van der Waals surface area contributed by atoms with Gasteiger partial charge in [0.1, 0.15) is 11.6 Å². The Kier molecular flexibility index (Phi) is 7.14. The molecule has 2 amide bonds. The van der Waals surface area contributed by atoms with Crippen molar-refractivity contribution in [3.63, 3.8) is 0 Å². The first-order valence-electron chi connectivity index (χ1n) is 10.1. The molecule has 172 valence electrons. The first-order valence-corrected chi connectivity index (χ1v) is 11.4. The number of thioether (sulfide) groups is 1. The smallest absolute Gasteiger partial charge is 0.277 e. The Hall–Kier alpha value is -3.11. The highest BCUT2D eigenvalue weighted by molar-refractivity contribution is 7.99. The Bertz CT molecular complexity index is 1150. The molecule has 33 heavy (non-hydrogen) atoms. The topological polar surface area (TPSA) is 88.8 Å². The summed E-state index contributed by atoms with van der Waals surface area (Å²) in [5.74, 6) is 0.360. The van der Waals surface area contributed by atoms with Crippen LogP contribution in [0.5, 0.6) is 5.75 Å². The van der Waals surface area contributed by atoms with Gasteiger partial charge in [-0.1, -0.05) is 23.4 Å². The Morgan fingerprint density at radius 2 is 1.79 bits per heavy atom. The summed E-state index contributed by atoms with van der Waals surface area (Å²) in [6, 6.07) is 10.9. The van der Waals surface area contributed by atoms with E-state index in [1.807, 2.05) is 12.1 Å². The van der Waals surface area contributed by atoms with E-state index in [-0.39, 0.29) is 28.2 Å². The monoisotopic (exact) mass is 490 g/mol. The van der Waals surface area contributed by atoms with E-state index in [2.05, 4.69) is 10.2 Å². The van der Waals surface area contributed by atoms with Crippen molar-refractivity contribution < 1.29 is 23.1 Å². The van der Waals surface area contributed by atoms with Crippen molar-refractivity contribution in [2.45, 2.75) is 5.22 Å². The number of benzene rings is 2. The lowest BCUT2D eigenvalue weighted by atomic mass is 10.1. The number of amides is 2. The van der Waals surface area contributed by atoms with Crippen molar-refractivity contribution in [2.75, 3.05) is 39.0 Å². The highest BCUT2D eigenvalue weighted by Crippen LogP contribution is 2.25. The van der Waals surface area contributed by atoms with Gasteiger partial charge < -0.3 is 19.0 Å². The zero-order valence-electron chi connectivity index (χ0n) is 17.7. The van der Waals surface area contributed by atoms with Gasteiger partial charge in [0.05, 0.1) is 23.4 Å². The number of aromatic nitrogens is 2. The molecule has 0 N–H and O–H groups in total. The largest absolute Gasteiger partial charge is 0.497 e. The molecule has 4 rings (SSSR count). The Morgan fingerprint density at radius 1 is 1.09 bits per heavy atom. The van der Waals surface area contributed by atoms with E-state index >= 15 is 0 Å². The van der Waals surface area contributed by atoms with Crippen LogP contribution in [0.15, 0.2) is 52.1 Å². The molecule has 0 atom stereocenters. The summed E-state index contributed by atoms with van der Waals surface area (Å²) in [5, 5.41) is 8.38. The van der Waals surface area contributed by atoms with Crippen LogP contribution in [-0.2, 0) is 4.79 Å². The van der Waals surface area contributed by atoms with Crippen LogP contribution >= 0.6 is 23.4 Å². The van der Waals surface area contributed by atoms with Gasteiger partial charge in [0.25, 0.3) is 11.1 Å². The summed E-state index contributed by atoms with van der Waals surface area (Å²) in [4.78, 5) is 28.5. The number of hydrogen-bond acceptors (Lipinski definition) is 7. The van der Waals surface area contributed by atoms with Crippen molar-refractivity contribution in [3.05, 3.63) is 58.9 Å². The molecule has 8 nitrogen and oxygen atoms in total. The minimum absolute atomic E-state index is 0.0727. The van der Waals surface area contributed by atoms with Crippen molar-refractivity contribution in [1.82, 2.24) is 20.0 Å². The molecule has 0 bridgehead atoms. The van der Waals surface area contributed by atoms with Crippen LogP contribution in [-0.4, -0.2) is 70.9 Å². The van der Waals surface area contributed by atoms with E-state index in [0.717, 1.165) is 29.1 Å². The first kappa shape index (κ1) is 23.1. The minimum atomic E-state index is -0.498. The summed E-state index contributed by atoms with van der Waals surface area (Å²) >= 11 is 7.16. The summed E-state index contributed by atoms with van der Waals surface area (Å²) < 4.78 is 24.0. The van der Waals surface area contributed by atoms with E-state index in [1.54, 1.807) is 29.0 Å². The number of ether oxygens (including phenoxy) is 1. The number of hydrogen-bond donors (Lipinski definition) is 0. The van der Waals surface area contributed by atoms with Crippen LogP contribution in [0.3, 0.4) is 0 Å². The second kappa shape index (κ2) is 10.2. The van der Waals surface area contributed by atoms with Crippen LogP contribution in [0.25, 0.3) is 11.5 Å². The van der Waals surface area contributed by atoms with Gasteiger partial charge in [0, 0.05) is 31.7 Å². The number of piperazine rings is 1. The average Bonchev–Trinajstić information content (AvgIpc) is 3.31. The lowest BCUT2D eigenvalue weighted by Gasteiger charge is -2.34. The number of rotatable bonds is 6. The first-order chi connectivity index (χ1) is 15.9. The van der Waals surface area contributed by atoms with Crippen molar-refractivity contribution in [3.8, 4) is 17.2 Å². The summed E-state index contributed by atoms with van der Waals surface area (Å²) in [6.45, 7) is 1.52. The van der Waals surface area contributed by atoms with Gasteiger partial charge in [0.15, 0.2) is 0 Å². The third-order valence-corrected chi connectivity index (χ3v) is 6.26. The molecular weight excluding hydrogens is 471 g/mol. The summed E-state index contributed by atoms with van der Waals surface area (Å²) in [7, 11) is 1.59. The molecule has 1 aliphatic heterocycles. The van der Waals surface area contributed by atoms with Crippen molar-refractivity contribution in [2.24, 2.45) is 0 Å². The predicted octanol–water partition coefficient (Wildman–Crippen LogP) is 3.61. The van der Waals surface area contributed by atoms with Crippen LogP contribution in [0.2, 0.25) is 5.02 Å². The Morgan fingerprint density at radius 3 is 2.45 bits per heavy atom. The van der Waals surface area contributed by atoms with E-state index < -0.39 is 5.82 Å². The van der Waals surface area contributed by atoms with Crippen LogP contribution in [0, 0.1) is 5.82 Å². The van der Waals surface area contributed by atoms with Gasteiger partial charge in [-0.25, -0.2) is 4.39 Å². The number of nitrogens with zero attached hydrogens (tertiary/aromatic N) is 4. The second-order valence-electron chi connectivity index (χ2n) is 7.19. The van der Waals surface area contributed by atoms with Crippen molar-refractivity contribution >= 4 is 35.2 Å². The lowest BCUT2D eigenvalue weighted by molar-refractivity contribution is -0.129. The molecule has 1 saturated heterocycles. The molecule has 2 heterocycles. The maximum atomic E-state index is 13.2.